The van der Waals surface area contributed by atoms with Crippen molar-refractivity contribution in [3.05, 3.63) is 41.3 Å². The van der Waals surface area contributed by atoms with Crippen molar-refractivity contribution in [3.63, 3.8) is 0 Å². The normalized spacial score (nSPS) is 10.8. The quantitative estimate of drug-likeness (QED) is 0.873. The van der Waals surface area contributed by atoms with E-state index in [4.69, 9.17) is 5.11 Å². The first-order chi connectivity index (χ1) is 10.4. The van der Waals surface area contributed by atoms with Crippen LogP contribution < -0.4 is 5.32 Å². The van der Waals surface area contributed by atoms with Crippen LogP contribution in [0.15, 0.2) is 34.1 Å². The molecule has 6 heteroatoms. The molecule has 1 aromatic carbocycles. The Kier molecular flexibility index (Phi) is 5.03. The third kappa shape index (κ3) is 3.39. The average molecular weight is 317 g/mol. The van der Waals surface area contributed by atoms with E-state index < -0.39 is 5.97 Å². The lowest BCUT2D eigenvalue weighted by Crippen LogP contribution is -2.09. The van der Waals surface area contributed by atoms with Crippen molar-refractivity contribution in [2.24, 2.45) is 0 Å². The van der Waals surface area contributed by atoms with Crippen LogP contribution in [-0.2, 0) is 0 Å². The first kappa shape index (κ1) is 16.3. The van der Waals surface area contributed by atoms with Crippen LogP contribution in [0.1, 0.15) is 41.6 Å². The number of nitrogens with zero attached hydrogens (tertiary/aromatic N) is 2. The zero-order chi connectivity index (χ0) is 16.3. The highest BCUT2D eigenvalue weighted by Crippen LogP contribution is 2.38. The number of carbonyl (C=O) groups is 1. The molecular weight excluding hydrogens is 298 g/mol. The Balaban J connectivity index is 2.48. The number of anilines is 1. The van der Waals surface area contributed by atoms with Gasteiger partial charge in [0.2, 0.25) is 5.82 Å². The van der Waals surface area contributed by atoms with E-state index in [2.05, 4.69) is 41.3 Å². The maximum absolute atomic E-state index is 11.1. The molecule has 116 valence electrons. The zero-order valence-corrected chi connectivity index (χ0v) is 13.9. The number of aryl methyl sites for hydroxylation is 1. The van der Waals surface area contributed by atoms with Gasteiger partial charge < -0.3 is 10.4 Å². The third-order valence-corrected chi connectivity index (χ3v) is 4.50. The summed E-state index contributed by atoms with van der Waals surface area (Å²) in [7, 11) is 1.73. The van der Waals surface area contributed by atoms with E-state index in [1.165, 1.54) is 5.56 Å². The fourth-order valence-electron chi connectivity index (χ4n) is 2.11. The molecule has 0 atom stereocenters. The summed E-state index contributed by atoms with van der Waals surface area (Å²) in [6.07, 6.45) is 0. The molecule has 0 unspecified atom stereocenters. The van der Waals surface area contributed by atoms with E-state index in [1.54, 1.807) is 25.7 Å². The molecule has 0 saturated heterocycles. The Morgan fingerprint density at radius 1 is 1.27 bits per heavy atom. The summed E-state index contributed by atoms with van der Waals surface area (Å²) in [6, 6.07) is 8.18. The highest BCUT2D eigenvalue weighted by Gasteiger charge is 2.17. The van der Waals surface area contributed by atoms with Gasteiger partial charge in [0.15, 0.2) is 0 Å². The maximum Gasteiger partial charge on any atom is 0.374 e. The molecule has 0 saturated carbocycles. The molecule has 0 radical (unpaired) electrons. The van der Waals surface area contributed by atoms with Gasteiger partial charge in [0.1, 0.15) is 5.82 Å². The highest BCUT2D eigenvalue weighted by molar-refractivity contribution is 7.99. The van der Waals surface area contributed by atoms with Crippen LogP contribution in [-0.4, -0.2) is 28.1 Å². The molecule has 0 amide bonds. The molecule has 0 aliphatic rings. The number of carboxylic acid groups (broad SMARTS) is 1. The molecular formula is C16H19N3O2S. The number of aromatic nitrogens is 2. The lowest BCUT2D eigenvalue weighted by molar-refractivity contribution is 0.0683. The van der Waals surface area contributed by atoms with Crippen molar-refractivity contribution >= 4 is 23.5 Å². The number of nitrogens with one attached hydrogen (secondary N) is 1. The predicted molar refractivity (Wildman–Crippen MR) is 87.9 cm³/mol. The second kappa shape index (κ2) is 6.79. The predicted octanol–water partition coefficient (Wildman–Crippen LogP) is 3.80. The molecule has 22 heavy (non-hydrogen) atoms. The molecule has 0 fully saturated rings. The highest BCUT2D eigenvalue weighted by atomic mass is 32.2. The summed E-state index contributed by atoms with van der Waals surface area (Å²) in [5.74, 6) is -0.378. The van der Waals surface area contributed by atoms with Gasteiger partial charge in [0.25, 0.3) is 0 Å². The molecule has 1 aromatic heterocycles. The van der Waals surface area contributed by atoms with Crippen molar-refractivity contribution in [1.82, 2.24) is 9.97 Å². The summed E-state index contributed by atoms with van der Waals surface area (Å²) in [6.45, 7) is 6.10. The number of carboxylic acids is 1. The molecule has 2 N–H and O–H groups in total. The number of benzene rings is 1. The van der Waals surface area contributed by atoms with Crippen molar-refractivity contribution in [1.29, 1.82) is 0 Å². The fraction of sp³-hybridized carbons (Fsp3) is 0.312. The van der Waals surface area contributed by atoms with E-state index in [0.717, 1.165) is 9.79 Å². The Labute approximate surface area is 134 Å². The van der Waals surface area contributed by atoms with Crippen molar-refractivity contribution in [3.8, 4) is 0 Å². The molecule has 1 heterocycles. The number of rotatable bonds is 5. The van der Waals surface area contributed by atoms with Gasteiger partial charge in [0.05, 0.1) is 10.6 Å². The van der Waals surface area contributed by atoms with Gasteiger partial charge in [-0.25, -0.2) is 14.8 Å². The largest absolute Gasteiger partial charge is 0.475 e. The Morgan fingerprint density at radius 3 is 2.55 bits per heavy atom. The van der Waals surface area contributed by atoms with Crippen LogP contribution in [0, 0.1) is 6.92 Å². The van der Waals surface area contributed by atoms with Crippen LogP contribution in [0.2, 0.25) is 0 Å². The van der Waals surface area contributed by atoms with Crippen LogP contribution in [0.4, 0.5) is 5.82 Å². The van der Waals surface area contributed by atoms with Gasteiger partial charge in [-0.15, -0.1) is 0 Å². The molecule has 0 aliphatic carbocycles. The number of hydrogen-bond donors (Lipinski definition) is 2. The van der Waals surface area contributed by atoms with Crippen LogP contribution in [0.3, 0.4) is 0 Å². The molecule has 5 nitrogen and oxygen atoms in total. The number of aromatic carboxylic acids is 1. The molecule has 0 spiro atoms. The second-order valence-corrected chi connectivity index (χ2v) is 6.21. The van der Waals surface area contributed by atoms with Crippen molar-refractivity contribution in [2.75, 3.05) is 12.4 Å². The van der Waals surface area contributed by atoms with Crippen LogP contribution in [0.25, 0.3) is 0 Å². The Morgan fingerprint density at radius 2 is 1.95 bits per heavy atom. The van der Waals surface area contributed by atoms with Gasteiger partial charge in [-0.3, -0.25) is 0 Å². The first-order valence-corrected chi connectivity index (χ1v) is 7.82. The van der Waals surface area contributed by atoms with Crippen molar-refractivity contribution < 1.29 is 9.90 Å². The summed E-state index contributed by atoms with van der Waals surface area (Å²) < 4.78 is 0. The minimum atomic E-state index is -1.13. The molecule has 0 aliphatic heterocycles. The average Bonchev–Trinajstić information content (AvgIpc) is 2.49. The fourth-order valence-corrected chi connectivity index (χ4v) is 3.34. The molecule has 0 bridgehead atoms. The molecule has 2 aromatic rings. The maximum atomic E-state index is 11.1. The van der Waals surface area contributed by atoms with E-state index in [1.807, 2.05) is 12.1 Å². The van der Waals surface area contributed by atoms with E-state index in [0.29, 0.717) is 17.4 Å². The SMILES string of the molecule is CNc1nc(C(=O)O)nc(C)c1Sc1ccccc1C(C)C. The summed E-state index contributed by atoms with van der Waals surface area (Å²) in [5, 5.41) is 12.0. The standard InChI is InChI=1S/C16H19N3O2S/c1-9(2)11-7-5-6-8-12(11)22-13-10(3)18-15(16(20)21)19-14(13)17-4/h5-9H,1-4H3,(H,20,21)(H,17,18,19). The van der Waals surface area contributed by atoms with Gasteiger partial charge >= 0.3 is 5.97 Å². The molecule has 2 rings (SSSR count). The van der Waals surface area contributed by atoms with Gasteiger partial charge in [-0.1, -0.05) is 43.8 Å². The lowest BCUT2D eigenvalue weighted by Gasteiger charge is -2.15. The summed E-state index contributed by atoms with van der Waals surface area (Å²) >= 11 is 1.56. The zero-order valence-electron chi connectivity index (χ0n) is 13.0. The second-order valence-electron chi connectivity index (χ2n) is 5.16. The van der Waals surface area contributed by atoms with Gasteiger partial charge in [0, 0.05) is 11.9 Å². The minimum absolute atomic E-state index is 0.191. The van der Waals surface area contributed by atoms with E-state index in [9.17, 15) is 4.79 Å². The van der Waals surface area contributed by atoms with Gasteiger partial charge in [-0.2, -0.15) is 0 Å². The monoisotopic (exact) mass is 317 g/mol. The lowest BCUT2D eigenvalue weighted by atomic mass is 10.0. The minimum Gasteiger partial charge on any atom is -0.475 e. The third-order valence-electron chi connectivity index (χ3n) is 3.22. The van der Waals surface area contributed by atoms with Gasteiger partial charge in [-0.05, 0) is 24.5 Å². The Bertz CT molecular complexity index is 702. The topological polar surface area (TPSA) is 75.1 Å². The van der Waals surface area contributed by atoms with E-state index >= 15 is 0 Å². The van der Waals surface area contributed by atoms with E-state index in [-0.39, 0.29) is 5.82 Å². The number of hydrogen-bond acceptors (Lipinski definition) is 5. The van der Waals surface area contributed by atoms with Crippen LogP contribution >= 0.6 is 11.8 Å². The summed E-state index contributed by atoms with van der Waals surface area (Å²) in [5.41, 5.74) is 1.90. The Hall–Kier alpha value is -2.08. The smallest absolute Gasteiger partial charge is 0.374 e. The first-order valence-electron chi connectivity index (χ1n) is 7.00. The van der Waals surface area contributed by atoms with Crippen molar-refractivity contribution in [2.45, 2.75) is 36.5 Å². The van der Waals surface area contributed by atoms with Crippen LogP contribution in [0.5, 0.6) is 0 Å². The summed E-state index contributed by atoms with van der Waals surface area (Å²) in [4.78, 5) is 21.2.